The van der Waals surface area contributed by atoms with E-state index in [1.54, 1.807) is 6.92 Å². The van der Waals surface area contributed by atoms with E-state index in [0.29, 0.717) is 17.4 Å². The van der Waals surface area contributed by atoms with Crippen LogP contribution < -0.4 is 10.6 Å². The number of carbonyl (C=O) groups excluding carboxylic acids is 1. The quantitative estimate of drug-likeness (QED) is 0.909. The van der Waals surface area contributed by atoms with Crippen LogP contribution in [0.3, 0.4) is 0 Å². The summed E-state index contributed by atoms with van der Waals surface area (Å²) in [5.74, 6) is 1.04. The lowest BCUT2D eigenvalue weighted by Gasteiger charge is -2.22. The minimum atomic E-state index is -0.161. The summed E-state index contributed by atoms with van der Waals surface area (Å²) in [5.41, 5.74) is 1.50. The zero-order chi connectivity index (χ0) is 15.4. The highest BCUT2D eigenvalue weighted by Gasteiger charge is 2.15. The van der Waals surface area contributed by atoms with Crippen molar-refractivity contribution < 1.29 is 9.32 Å². The van der Waals surface area contributed by atoms with E-state index in [-0.39, 0.29) is 12.1 Å². The van der Waals surface area contributed by atoms with E-state index >= 15 is 0 Å². The molecular weight excluding hydrogens is 280 g/mol. The standard InChI is InChI=1S/C16H20N4O2/c1-11-17-15(22-20-11)12-6-5-9-14(10-12)19-16(21)18-13-7-3-2-4-8-13/h5-6,9-10,13H,2-4,7-8H2,1H3,(H2,18,19,21). The van der Waals surface area contributed by atoms with E-state index in [1.807, 2.05) is 24.3 Å². The molecule has 0 bridgehead atoms. The Morgan fingerprint density at radius 2 is 2.09 bits per heavy atom. The lowest BCUT2D eigenvalue weighted by molar-refractivity contribution is 0.244. The van der Waals surface area contributed by atoms with Crippen LogP contribution in [0.1, 0.15) is 37.9 Å². The largest absolute Gasteiger partial charge is 0.335 e. The molecule has 22 heavy (non-hydrogen) atoms. The molecule has 1 saturated carbocycles. The first-order valence-corrected chi connectivity index (χ1v) is 7.69. The average molecular weight is 300 g/mol. The first kappa shape index (κ1) is 14.6. The second-order valence-electron chi connectivity index (χ2n) is 5.66. The van der Waals surface area contributed by atoms with Crippen LogP contribution in [0.15, 0.2) is 28.8 Å². The van der Waals surface area contributed by atoms with Crippen molar-refractivity contribution in [3.05, 3.63) is 30.1 Å². The summed E-state index contributed by atoms with van der Waals surface area (Å²) < 4.78 is 5.14. The van der Waals surface area contributed by atoms with E-state index in [4.69, 9.17) is 4.52 Å². The minimum absolute atomic E-state index is 0.161. The van der Waals surface area contributed by atoms with Gasteiger partial charge in [0.25, 0.3) is 5.89 Å². The van der Waals surface area contributed by atoms with Crippen LogP contribution in [0.25, 0.3) is 11.5 Å². The van der Waals surface area contributed by atoms with E-state index in [2.05, 4.69) is 20.8 Å². The third-order valence-electron chi connectivity index (χ3n) is 3.84. The molecule has 1 aromatic heterocycles. The number of benzene rings is 1. The van der Waals surface area contributed by atoms with Crippen molar-refractivity contribution in [2.45, 2.75) is 45.1 Å². The number of rotatable bonds is 3. The molecule has 0 atom stereocenters. The highest BCUT2D eigenvalue weighted by atomic mass is 16.5. The van der Waals surface area contributed by atoms with Crippen LogP contribution in [-0.4, -0.2) is 22.2 Å². The molecule has 0 saturated heterocycles. The molecule has 116 valence electrons. The number of aryl methyl sites for hydroxylation is 1. The fourth-order valence-electron chi connectivity index (χ4n) is 2.74. The number of nitrogens with one attached hydrogen (secondary N) is 2. The summed E-state index contributed by atoms with van der Waals surface area (Å²) in [6.45, 7) is 1.77. The van der Waals surface area contributed by atoms with Gasteiger partial charge in [-0.05, 0) is 38.0 Å². The van der Waals surface area contributed by atoms with Gasteiger partial charge in [-0.1, -0.05) is 30.5 Å². The molecule has 1 fully saturated rings. The number of aromatic nitrogens is 2. The van der Waals surface area contributed by atoms with Crippen LogP contribution >= 0.6 is 0 Å². The van der Waals surface area contributed by atoms with E-state index in [9.17, 15) is 4.79 Å². The predicted molar refractivity (Wildman–Crippen MR) is 83.5 cm³/mol. The van der Waals surface area contributed by atoms with Gasteiger partial charge >= 0.3 is 6.03 Å². The number of hydrogen-bond acceptors (Lipinski definition) is 4. The first-order chi connectivity index (χ1) is 10.7. The van der Waals surface area contributed by atoms with Crippen molar-refractivity contribution in [2.24, 2.45) is 0 Å². The van der Waals surface area contributed by atoms with Gasteiger partial charge in [0.1, 0.15) is 0 Å². The Bertz CT molecular complexity index is 647. The molecular formula is C16H20N4O2. The van der Waals surface area contributed by atoms with Gasteiger partial charge in [0.05, 0.1) is 0 Å². The highest BCUT2D eigenvalue weighted by Crippen LogP contribution is 2.21. The van der Waals surface area contributed by atoms with Crippen LogP contribution in [-0.2, 0) is 0 Å². The van der Waals surface area contributed by atoms with Gasteiger partial charge in [0.2, 0.25) is 0 Å². The molecule has 0 aliphatic heterocycles. The lowest BCUT2D eigenvalue weighted by atomic mass is 9.96. The Morgan fingerprint density at radius 3 is 2.82 bits per heavy atom. The molecule has 2 amide bonds. The van der Waals surface area contributed by atoms with Crippen LogP contribution in [0, 0.1) is 6.92 Å². The first-order valence-electron chi connectivity index (χ1n) is 7.69. The monoisotopic (exact) mass is 300 g/mol. The molecule has 0 spiro atoms. The number of carbonyl (C=O) groups is 1. The van der Waals surface area contributed by atoms with Gasteiger partial charge in [0.15, 0.2) is 5.82 Å². The summed E-state index contributed by atoms with van der Waals surface area (Å²) in [6.07, 6.45) is 5.78. The normalized spacial score (nSPS) is 15.5. The average Bonchev–Trinajstić information content (AvgIpc) is 2.95. The highest BCUT2D eigenvalue weighted by molar-refractivity contribution is 5.90. The number of nitrogens with zero attached hydrogens (tertiary/aromatic N) is 2. The van der Waals surface area contributed by atoms with Crippen molar-refractivity contribution in [1.82, 2.24) is 15.5 Å². The molecule has 2 N–H and O–H groups in total. The Hall–Kier alpha value is -2.37. The Labute approximate surface area is 129 Å². The fraction of sp³-hybridized carbons (Fsp3) is 0.438. The maximum atomic E-state index is 12.1. The lowest BCUT2D eigenvalue weighted by Crippen LogP contribution is -2.39. The zero-order valence-corrected chi connectivity index (χ0v) is 12.6. The van der Waals surface area contributed by atoms with Crippen LogP contribution in [0.4, 0.5) is 10.5 Å². The summed E-state index contributed by atoms with van der Waals surface area (Å²) >= 11 is 0. The SMILES string of the molecule is Cc1noc(-c2cccc(NC(=O)NC3CCCCC3)c2)n1. The maximum absolute atomic E-state index is 12.1. The van der Waals surface area contributed by atoms with Gasteiger partial charge in [-0.25, -0.2) is 4.79 Å². The van der Waals surface area contributed by atoms with Crippen molar-refractivity contribution in [2.75, 3.05) is 5.32 Å². The topological polar surface area (TPSA) is 80.0 Å². The Morgan fingerprint density at radius 1 is 1.27 bits per heavy atom. The van der Waals surface area contributed by atoms with Gasteiger partial charge in [-0.2, -0.15) is 4.98 Å². The molecule has 1 aliphatic rings. The number of amides is 2. The van der Waals surface area contributed by atoms with Gasteiger partial charge in [-0.15, -0.1) is 0 Å². The van der Waals surface area contributed by atoms with E-state index < -0.39 is 0 Å². The molecule has 6 heteroatoms. The van der Waals surface area contributed by atoms with Crippen molar-refractivity contribution >= 4 is 11.7 Å². The summed E-state index contributed by atoms with van der Waals surface area (Å²) in [5, 5.41) is 9.67. The third kappa shape index (κ3) is 3.63. The molecule has 6 nitrogen and oxygen atoms in total. The van der Waals surface area contributed by atoms with E-state index in [1.165, 1.54) is 19.3 Å². The van der Waals surface area contributed by atoms with Crippen molar-refractivity contribution in [1.29, 1.82) is 0 Å². The van der Waals surface area contributed by atoms with Crippen LogP contribution in [0.2, 0.25) is 0 Å². The van der Waals surface area contributed by atoms with Gasteiger partial charge in [0, 0.05) is 17.3 Å². The minimum Gasteiger partial charge on any atom is -0.335 e. The molecule has 0 unspecified atom stereocenters. The number of anilines is 1. The van der Waals surface area contributed by atoms with Crippen LogP contribution in [0.5, 0.6) is 0 Å². The van der Waals surface area contributed by atoms with Gasteiger partial charge < -0.3 is 15.2 Å². The summed E-state index contributed by atoms with van der Waals surface area (Å²) in [4.78, 5) is 16.2. The summed E-state index contributed by atoms with van der Waals surface area (Å²) in [7, 11) is 0. The Kier molecular flexibility index (Phi) is 4.37. The van der Waals surface area contributed by atoms with Crippen molar-refractivity contribution in [3.63, 3.8) is 0 Å². The van der Waals surface area contributed by atoms with Gasteiger partial charge in [-0.3, -0.25) is 0 Å². The zero-order valence-electron chi connectivity index (χ0n) is 12.6. The molecule has 2 aromatic rings. The Balaban J connectivity index is 1.63. The maximum Gasteiger partial charge on any atom is 0.319 e. The molecule has 0 radical (unpaired) electrons. The molecule has 3 rings (SSSR count). The predicted octanol–water partition coefficient (Wildman–Crippen LogP) is 3.50. The number of hydrogen-bond donors (Lipinski definition) is 2. The second kappa shape index (κ2) is 6.60. The van der Waals surface area contributed by atoms with E-state index in [0.717, 1.165) is 18.4 Å². The second-order valence-corrected chi connectivity index (χ2v) is 5.66. The molecule has 1 aromatic carbocycles. The van der Waals surface area contributed by atoms with Crippen molar-refractivity contribution in [3.8, 4) is 11.5 Å². The summed E-state index contributed by atoms with van der Waals surface area (Å²) in [6, 6.07) is 7.52. The molecule has 1 heterocycles. The number of urea groups is 1. The molecule has 1 aliphatic carbocycles. The third-order valence-corrected chi connectivity index (χ3v) is 3.84. The fourth-order valence-corrected chi connectivity index (χ4v) is 2.74. The smallest absolute Gasteiger partial charge is 0.319 e.